The number of hydrogen-bond acceptors (Lipinski definition) is 3. The number of amides is 2. The van der Waals surface area contributed by atoms with Gasteiger partial charge in [-0.15, -0.1) is 0 Å². The summed E-state index contributed by atoms with van der Waals surface area (Å²) < 4.78 is 0. The van der Waals surface area contributed by atoms with Crippen LogP contribution in [0.3, 0.4) is 0 Å². The zero-order valence-corrected chi connectivity index (χ0v) is 14.2. The second-order valence-electron chi connectivity index (χ2n) is 5.43. The van der Waals surface area contributed by atoms with Gasteiger partial charge in [0.2, 0.25) is 5.91 Å². The fraction of sp³-hybridized carbons (Fsp3) is 0.500. The molecule has 0 spiro atoms. The number of carbonyl (C=O) groups is 2. The van der Waals surface area contributed by atoms with Crippen LogP contribution in [0.25, 0.3) is 0 Å². The zero-order valence-electron chi connectivity index (χ0n) is 13.4. The van der Waals surface area contributed by atoms with E-state index in [1.54, 1.807) is 36.1 Å². The molecule has 1 rings (SSSR count). The van der Waals surface area contributed by atoms with Crippen molar-refractivity contribution in [3.63, 3.8) is 0 Å². The molecule has 122 valence electrons. The van der Waals surface area contributed by atoms with Gasteiger partial charge in [0, 0.05) is 37.1 Å². The van der Waals surface area contributed by atoms with Gasteiger partial charge in [-0.25, -0.2) is 0 Å². The van der Waals surface area contributed by atoms with Crippen LogP contribution < -0.4 is 5.32 Å². The summed E-state index contributed by atoms with van der Waals surface area (Å²) in [6.07, 6.45) is 0.914. The fourth-order valence-electron chi connectivity index (χ4n) is 2.01. The van der Waals surface area contributed by atoms with Crippen LogP contribution in [0.15, 0.2) is 24.3 Å². The van der Waals surface area contributed by atoms with Gasteiger partial charge in [-0.3, -0.25) is 9.59 Å². The smallest absolute Gasteiger partial charge is 0.251 e. The topological polar surface area (TPSA) is 52.7 Å². The number of nitrogens with zero attached hydrogens (tertiary/aromatic N) is 2. The van der Waals surface area contributed by atoms with E-state index < -0.39 is 0 Å². The Kier molecular flexibility index (Phi) is 7.91. The molecule has 2 amide bonds. The predicted octanol–water partition coefficient (Wildman–Crippen LogP) is 1.87. The molecule has 0 unspecified atom stereocenters. The molecule has 0 aliphatic carbocycles. The standard InChI is InChI=1S/C16H24ClN3O2/c1-13(21)20(11-4-10-19(2)3)12-9-18-16(22)14-5-7-15(17)8-6-14/h5-8H,4,9-12H2,1-3H3,(H,18,22). The Balaban J connectivity index is 2.37. The van der Waals surface area contributed by atoms with E-state index in [1.165, 1.54) is 0 Å². The van der Waals surface area contributed by atoms with Crippen LogP contribution in [0, 0.1) is 0 Å². The molecule has 1 aromatic rings. The van der Waals surface area contributed by atoms with Gasteiger partial charge < -0.3 is 15.1 Å². The maximum atomic E-state index is 11.9. The third-order valence-corrected chi connectivity index (χ3v) is 3.50. The summed E-state index contributed by atoms with van der Waals surface area (Å²) in [6.45, 7) is 4.13. The summed E-state index contributed by atoms with van der Waals surface area (Å²) in [5.41, 5.74) is 0.561. The first-order valence-electron chi connectivity index (χ1n) is 7.34. The number of halogens is 1. The molecule has 0 aliphatic heterocycles. The predicted molar refractivity (Wildman–Crippen MR) is 89.2 cm³/mol. The van der Waals surface area contributed by atoms with Crippen LogP contribution in [0.1, 0.15) is 23.7 Å². The zero-order chi connectivity index (χ0) is 16.5. The average molecular weight is 326 g/mol. The molecule has 0 bridgehead atoms. The Bertz CT molecular complexity index is 489. The van der Waals surface area contributed by atoms with Crippen molar-refractivity contribution in [3.05, 3.63) is 34.9 Å². The lowest BCUT2D eigenvalue weighted by molar-refractivity contribution is -0.128. The Morgan fingerprint density at radius 2 is 1.73 bits per heavy atom. The molecule has 0 aromatic heterocycles. The normalized spacial score (nSPS) is 10.6. The van der Waals surface area contributed by atoms with Gasteiger partial charge in [0.15, 0.2) is 0 Å². The number of carbonyl (C=O) groups excluding carboxylic acids is 2. The third-order valence-electron chi connectivity index (χ3n) is 3.25. The Morgan fingerprint density at radius 3 is 2.27 bits per heavy atom. The van der Waals surface area contributed by atoms with Gasteiger partial charge in [-0.1, -0.05) is 11.6 Å². The molecular weight excluding hydrogens is 302 g/mol. The van der Waals surface area contributed by atoms with Crippen molar-refractivity contribution in [3.8, 4) is 0 Å². The number of rotatable bonds is 8. The van der Waals surface area contributed by atoms with Crippen LogP contribution >= 0.6 is 11.6 Å². The third kappa shape index (κ3) is 6.91. The average Bonchev–Trinajstić information content (AvgIpc) is 2.45. The van der Waals surface area contributed by atoms with E-state index in [9.17, 15) is 9.59 Å². The first-order valence-corrected chi connectivity index (χ1v) is 7.72. The number of nitrogens with one attached hydrogen (secondary N) is 1. The van der Waals surface area contributed by atoms with Crippen LogP contribution in [0.4, 0.5) is 0 Å². The molecule has 0 fully saturated rings. The molecule has 0 saturated carbocycles. The second-order valence-corrected chi connectivity index (χ2v) is 5.86. The highest BCUT2D eigenvalue weighted by molar-refractivity contribution is 6.30. The molecule has 22 heavy (non-hydrogen) atoms. The lowest BCUT2D eigenvalue weighted by Gasteiger charge is -2.22. The highest BCUT2D eigenvalue weighted by atomic mass is 35.5. The van der Waals surface area contributed by atoms with Gasteiger partial charge >= 0.3 is 0 Å². The van der Waals surface area contributed by atoms with E-state index in [2.05, 4.69) is 10.2 Å². The first kappa shape index (κ1) is 18.5. The van der Waals surface area contributed by atoms with Crippen molar-refractivity contribution >= 4 is 23.4 Å². The first-order chi connectivity index (χ1) is 10.4. The molecule has 0 heterocycles. The Labute approximate surface area is 137 Å². The summed E-state index contributed by atoms with van der Waals surface area (Å²) in [7, 11) is 4.01. The molecule has 6 heteroatoms. The maximum absolute atomic E-state index is 11.9. The Morgan fingerprint density at radius 1 is 1.09 bits per heavy atom. The Hall–Kier alpha value is -1.59. The van der Waals surface area contributed by atoms with Crippen molar-refractivity contribution in [2.24, 2.45) is 0 Å². The van der Waals surface area contributed by atoms with Crippen LogP contribution in [0.5, 0.6) is 0 Å². The molecule has 0 aliphatic rings. The van der Waals surface area contributed by atoms with Gasteiger partial charge in [0.05, 0.1) is 0 Å². The summed E-state index contributed by atoms with van der Waals surface area (Å²) in [5, 5.41) is 3.41. The molecule has 5 nitrogen and oxygen atoms in total. The molecule has 0 saturated heterocycles. The van der Waals surface area contributed by atoms with Gasteiger partial charge in [0.1, 0.15) is 0 Å². The summed E-state index contributed by atoms with van der Waals surface area (Å²) in [6, 6.07) is 6.72. The molecule has 1 N–H and O–H groups in total. The second kappa shape index (κ2) is 9.43. The van der Waals surface area contributed by atoms with E-state index in [4.69, 9.17) is 11.6 Å². The van der Waals surface area contributed by atoms with Crippen molar-refractivity contribution in [1.29, 1.82) is 0 Å². The van der Waals surface area contributed by atoms with E-state index in [0.29, 0.717) is 30.2 Å². The highest BCUT2D eigenvalue weighted by Gasteiger charge is 2.10. The van der Waals surface area contributed by atoms with Crippen molar-refractivity contribution in [2.75, 3.05) is 40.3 Å². The summed E-state index contributed by atoms with van der Waals surface area (Å²) in [4.78, 5) is 27.4. The van der Waals surface area contributed by atoms with E-state index in [-0.39, 0.29) is 11.8 Å². The molecule has 0 atom stereocenters. The molecular formula is C16H24ClN3O2. The SMILES string of the molecule is CC(=O)N(CCCN(C)C)CCNC(=O)c1ccc(Cl)cc1. The van der Waals surface area contributed by atoms with Crippen LogP contribution in [0.2, 0.25) is 5.02 Å². The van der Waals surface area contributed by atoms with E-state index >= 15 is 0 Å². The van der Waals surface area contributed by atoms with Gasteiger partial charge in [-0.2, -0.15) is 0 Å². The van der Waals surface area contributed by atoms with E-state index in [1.807, 2.05) is 14.1 Å². The highest BCUT2D eigenvalue weighted by Crippen LogP contribution is 2.09. The number of benzene rings is 1. The van der Waals surface area contributed by atoms with Gasteiger partial charge in [0.25, 0.3) is 5.91 Å². The van der Waals surface area contributed by atoms with Crippen LogP contribution in [-0.4, -0.2) is 61.9 Å². The summed E-state index contributed by atoms with van der Waals surface area (Å²) in [5.74, 6) is -0.132. The van der Waals surface area contributed by atoms with Gasteiger partial charge in [-0.05, 0) is 51.3 Å². The number of hydrogen-bond donors (Lipinski definition) is 1. The maximum Gasteiger partial charge on any atom is 0.251 e. The minimum Gasteiger partial charge on any atom is -0.350 e. The van der Waals surface area contributed by atoms with Crippen molar-refractivity contribution in [1.82, 2.24) is 15.1 Å². The van der Waals surface area contributed by atoms with Crippen LogP contribution in [-0.2, 0) is 4.79 Å². The minimum absolute atomic E-state index is 0.0273. The largest absolute Gasteiger partial charge is 0.350 e. The monoisotopic (exact) mass is 325 g/mol. The fourth-order valence-corrected chi connectivity index (χ4v) is 2.14. The molecule has 1 aromatic carbocycles. The quantitative estimate of drug-likeness (QED) is 0.794. The van der Waals surface area contributed by atoms with Crippen molar-refractivity contribution in [2.45, 2.75) is 13.3 Å². The van der Waals surface area contributed by atoms with E-state index in [0.717, 1.165) is 13.0 Å². The summed E-state index contributed by atoms with van der Waals surface area (Å²) >= 11 is 5.79. The molecule has 0 radical (unpaired) electrons. The lowest BCUT2D eigenvalue weighted by Crippen LogP contribution is -2.38. The minimum atomic E-state index is -0.159. The lowest BCUT2D eigenvalue weighted by atomic mass is 10.2. The van der Waals surface area contributed by atoms with Crippen molar-refractivity contribution < 1.29 is 9.59 Å².